The number of nitrogens with one attached hydrogen (secondary N) is 1. The van der Waals surface area contributed by atoms with Crippen molar-refractivity contribution in [1.82, 2.24) is 19.5 Å². The van der Waals surface area contributed by atoms with Crippen LogP contribution in [0.15, 0.2) is 102 Å². The molecule has 2 unspecified atom stereocenters. The number of benzene rings is 2. The smallest absolute Gasteiger partial charge is 0.336 e. The van der Waals surface area contributed by atoms with Crippen molar-refractivity contribution in [1.29, 1.82) is 0 Å². The Morgan fingerprint density at radius 3 is 2.49 bits per heavy atom. The standard InChI is InChI=1S/C37H35ClN6O3/c1-4-6-14-31-42-28-22-39-21-19-29(28)44(31)25-17-15-24(16-18-25)35-34(37(46)47-5-2)33(26-11-7-8-12-27(26)38)32(23(3)41-35)36(45)43-30-13-9-10-20-40-30/h7-13,15-22,32-33H,4-6,14H2,1-3H3,(H,40,43,45). The van der Waals surface area contributed by atoms with Crippen molar-refractivity contribution in [2.45, 2.75) is 46.0 Å². The predicted molar refractivity (Wildman–Crippen MR) is 185 cm³/mol. The van der Waals surface area contributed by atoms with Gasteiger partial charge < -0.3 is 10.1 Å². The number of carbonyl (C=O) groups is 2. The van der Waals surface area contributed by atoms with Gasteiger partial charge in [0.1, 0.15) is 17.2 Å². The number of amides is 1. The minimum atomic E-state index is -0.855. The molecule has 47 heavy (non-hydrogen) atoms. The summed E-state index contributed by atoms with van der Waals surface area (Å²) in [5, 5.41) is 3.33. The van der Waals surface area contributed by atoms with Gasteiger partial charge in [0.25, 0.3) is 0 Å². The topological polar surface area (TPSA) is 111 Å². The lowest BCUT2D eigenvalue weighted by Crippen LogP contribution is -2.38. The van der Waals surface area contributed by atoms with Gasteiger partial charge in [-0.1, -0.05) is 61.3 Å². The first-order chi connectivity index (χ1) is 22.9. The summed E-state index contributed by atoms with van der Waals surface area (Å²) in [5.74, 6) is -1.19. The minimum Gasteiger partial charge on any atom is -0.463 e. The Kier molecular flexibility index (Phi) is 9.54. The molecule has 5 aromatic rings. The van der Waals surface area contributed by atoms with Gasteiger partial charge in [0.05, 0.1) is 35.5 Å². The van der Waals surface area contributed by atoms with E-state index in [-0.39, 0.29) is 18.1 Å². The molecule has 0 saturated heterocycles. The molecular formula is C37H35ClN6O3. The first-order valence-electron chi connectivity index (χ1n) is 15.8. The number of ether oxygens (including phenoxy) is 1. The van der Waals surface area contributed by atoms with Crippen molar-refractivity contribution in [3.63, 3.8) is 0 Å². The second-order valence-corrected chi connectivity index (χ2v) is 11.7. The van der Waals surface area contributed by atoms with Crippen LogP contribution in [0.4, 0.5) is 5.82 Å². The molecular weight excluding hydrogens is 612 g/mol. The summed E-state index contributed by atoms with van der Waals surface area (Å²) < 4.78 is 7.77. The van der Waals surface area contributed by atoms with Crippen LogP contribution in [0, 0.1) is 5.92 Å². The van der Waals surface area contributed by atoms with Crippen LogP contribution < -0.4 is 5.32 Å². The number of unbranched alkanes of at least 4 members (excludes halogenated alkanes) is 1. The number of aryl methyl sites for hydroxylation is 1. The zero-order valence-electron chi connectivity index (χ0n) is 26.5. The second-order valence-electron chi connectivity index (χ2n) is 11.3. The van der Waals surface area contributed by atoms with Crippen LogP contribution >= 0.6 is 11.6 Å². The lowest BCUT2D eigenvalue weighted by atomic mass is 9.74. The van der Waals surface area contributed by atoms with E-state index in [9.17, 15) is 9.59 Å². The largest absolute Gasteiger partial charge is 0.463 e. The maximum Gasteiger partial charge on any atom is 0.336 e. The number of anilines is 1. The van der Waals surface area contributed by atoms with Crippen molar-refractivity contribution in [2.24, 2.45) is 10.9 Å². The zero-order valence-corrected chi connectivity index (χ0v) is 27.2. The lowest BCUT2D eigenvalue weighted by Gasteiger charge is -2.33. The number of halogens is 1. The maximum atomic E-state index is 14.0. The molecule has 0 bridgehead atoms. The van der Waals surface area contributed by atoms with E-state index in [4.69, 9.17) is 26.3 Å². The van der Waals surface area contributed by atoms with Gasteiger partial charge in [-0.25, -0.2) is 14.8 Å². The summed E-state index contributed by atoms with van der Waals surface area (Å²) in [6, 6.07) is 22.4. The van der Waals surface area contributed by atoms with Crippen molar-refractivity contribution >= 4 is 51.7 Å². The average molecular weight is 647 g/mol. The Morgan fingerprint density at radius 1 is 0.979 bits per heavy atom. The third-order valence-electron chi connectivity index (χ3n) is 8.25. The lowest BCUT2D eigenvalue weighted by molar-refractivity contribution is -0.138. The van der Waals surface area contributed by atoms with Crippen LogP contribution in [0.25, 0.3) is 22.4 Å². The Bertz CT molecular complexity index is 1980. The number of aliphatic imine (C=N–C) groups is 1. The Morgan fingerprint density at radius 2 is 1.77 bits per heavy atom. The molecule has 0 radical (unpaired) electrons. The number of imidazole rings is 1. The van der Waals surface area contributed by atoms with Crippen molar-refractivity contribution < 1.29 is 14.3 Å². The maximum absolute atomic E-state index is 14.0. The fourth-order valence-electron chi connectivity index (χ4n) is 6.10. The second kappa shape index (κ2) is 14.1. The first kappa shape index (κ1) is 31.8. The molecule has 1 aliphatic rings. The fourth-order valence-corrected chi connectivity index (χ4v) is 6.35. The summed E-state index contributed by atoms with van der Waals surface area (Å²) in [6.45, 7) is 5.86. The minimum absolute atomic E-state index is 0.153. The van der Waals surface area contributed by atoms with Crippen molar-refractivity contribution in [3.8, 4) is 5.69 Å². The summed E-state index contributed by atoms with van der Waals surface area (Å²) in [7, 11) is 0. The molecule has 2 atom stereocenters. The quantitative estimate of drug-likeness (QED) is 0.156. The molecule has 6 rings (SSSR count). The molecule has 1 amide bonds. The Balaban J connectivity index is 1.49. The van der Waals surface area contributed by atoms with Gasteiger partial charge in [0, 0.05) is 46.7 Å². The number of hydrogen-bond donors (Lipinski definition) is 1. The van der Waals surface area contributed by atoms with E-state index < -0.39 is 17.8 Å². The van der Waals surface area contributed by atoms with Gasteiger partial charge in [-0.15, -0.1) is 0 Å². The van der Waals surface area contributed by atoms with Crippen LogP contribution in [0.1, 0.15) is 56.5 Å². The average Bonchev–Trinajstić information content (AvgIpc) is 3.46. The molecule has 1 aliphatic heterocycles. The Hall–Kier alpha value is -5.15. The molecule has 0 spiro atoms. The van der Waals surface area contributed by atoms with Gasteiger partial charge in [0.15, 0.2) is 0 Å². The highest BCUT2D eigenvalue weighted by Crippen LogP contribution is 2.45. The number of fused-ring (bicyclic) bond motifs is 1. The van der Waals surface area contributed by atoms with Gasteiger partial charge in [0.2, 0.25) is 5.91 Å². The highest BCUT2D eigenvalue weighted by atomic mass is 35.5. The summed E-state index contributed by atoms with van der Waals surface area (Å²) in [4.78, 5) is 46.2. The van der Waals surface area contributed by atoms with Crippen molar-refractivity contribution in [2.75, 3.05) is 11.9 Å². The number of carbonyl (C=O) groups excluding carboxylic acids is 2. The van der Waals surface area contributed by atoms with E-state index >= 15 is 0 Å². The molecule has 238 valence electrons. The van der Waals surface area contributed by atoms with Gasteiger partial charge in [-0.2, -0.15) is 0 Å². The highest BCUT2D eigenvalue weighted by Gasteiger charge is 2.43. The van der Waals surface area contributed by atoms with E-state index in [2.05, 4.69) is 26.8 Å². The third-order valence-corrected chi connectivity index (χ3v) is 8.60. The van der Waals surface area contributed by atoms with E-state index in [0.29, 0.717) is 33.4 Å². The first-order valence-corrected chi connectivity index (χ1v) is 16.1. The predicted octanol–water partition coefficient (Wildman–Crippen LogP) is 7.60. The van der Waals surface area contributed by atoms with E-state index in [1.165, 1.54) is 0 Å². The van der Waals surface area contributed by atoms with E-state index in [1.54, 1.807) is 56.7 Å². The van der Waals surface area contributed by atoms with Crippen LogP contribution in [0.5, 0.6) is 0 Å². The number of rotatable bonds is 10. The van der Waals surface area contributed by atoms with Crippen LogP contribution in [0.3, 0.4) is 0 Å². The Labute approximate surface area is 278 Å². The molecule has 2 aromatic carbocycles. The van der Waals surface area contributed by atoms with Gasteiger partial charge in [-0.3, -0.25) is 19.3 Å². The number of pyridine rings is 2. The van der Waals surface area contributed by atoms with Crippen molar-refractivity contribution in [3.05, 3.63) is 119 Å². The molecule has 1 N–H and O–H groups in total. The molecule has 0 fully saturated rings. The zero-order chi connectivity index (χ0) is 32.9. The molecule has 0 saturated carbocycles. The monoisotopic (exact) mass is 646 g/mol. The van der Waals surface area contributed by atoms with Crippen LogP contribution in [0.2, 0.25) is 5.02 Å². The van der Waals surface area contributed by atoms with Gasteiger partial charge in [-0.05, 0) is 62.2 Å². The normalized spacial score (nSPS) is 16.2. The number of esters is 1. The molecule has 10 heteroatoms. The number of hydrogen-bond acceptors (Lipinski definition) is 7. The SMILES string of the molecule is CCCCc1nc2cnccc2n1-c1ccc(C2=C(C(=O)OCC)C(c3ccccc3Cl)C(C(=O)Nc3ccccn3)C(C)=N2)cc1. The van der Waals surface area contributed by atoms with E-state index in [0.717, 1.165) is 41.8 Å². The summed E-state index contributed by atoms with van der Waals surface area (Å²) in [6.07, 6.45) is 8.04. The molecule has 0 aliphatic carbocycles. The number of aromatic nitrogens is 4. The fraction of sp³-hybridized carbons (Fsp3) is 0.243. The van der Waals surface area contributed by atoms with Crippen LogP contribution in [-0.4, -0.2) is 43.7 Å². The highest BCUT2D eigenvalue weighted by molar-refractivity contribution is 6.31. The summed E-state index contributed by atoms with van der Waals surface area (Å²) >= 11 is 6.78. The van der Waals surface area contributed by atoms with E-state index in [1.807, 2.05) is 48.5 Å². The van der Waals surface area contributed by atoms with Crippen LogP contribution in [-0.2, 0) is 20.7 Å². The third kappa shape index (κ3) is 6.44. The molecule has 3 aromatic heterocycles. The molecule has 4 heterocycles. The molecule has 9 nitrogen and oxygen atoms in total. The number of nitrogens with zero attached hydrogens (tertiary/aromatic N) is 5. The summed E-state index contributed by atoms with van der Waals surface area (Å²) in [5.41, 5.74) is 5.30. The van der Waals surface area contributed by atoms with Gasteiger partial charge >= 0.3 is 5.97 Å².